The van der Waals surface area contributed by atoms with Crippen molar-refractivity contribution in [3.63, 3.8) is 0 Å². The standard InChI is InChI=1S/C21H24F2N2O3/c1-14(20(22)23)19(21(26)25-27)24-12-4-5-15-8-10-16(11-9-15)17-6-3-7-18(13-17)28-2/h3-11,13-14,19-20,24,27H,12H2,1-2H3,(H,25,26)/b5-4+. The van der Waals surface area contributed by atoms with Crippen LogP contribution in [0.15, 0.2) is 54.6 Å². The van der Waals surface area contributed by atoms with Crippen molar-refractivity contribution in [2.75, 3.05) is 13.7 Å². The molecule has 5 nitrogen and oxygen atoms in total. The second kappa shape index (κ2) is 10.5. The Bertz CT molecular complexity index is 794. The summed E-state index contributed by atoms with van der Waals surface area (Å²) < 4.78 is 30.9. The lowest BCUT2D eigenvalue weighted by molar-refractivity contribution is -0.134. The molecule has 2 rings (SSSR count). The number of rotatable bonds is 9. The number of halogens is 2. The van der Waals surface area contributed by atoms with Crippen molar-refractivity contribution >= 4 is 12.0 Å². The lowest BCUT2D eigenvalue weighted by Crippen LogP contribution is -2.49. The lowest BCUT2D eigenvalue weighted by Gasteiger charge is -2.21. The molecule has 2 atom stereocenters. The van der Waals surface area contributed by atoms with Gasteiger partial charge in [-0.3, -0.25) is 10.0 Å². The number of carbonyl (C=O) groups excluding carboxylic acids is 1. The smallest absolute Gasteiger partial charge is 0.260 e. The average molecular weight is 390 g/mol. The first kappa shape index (κ1) is 21.5. The predicted octanol–water partition coefficient (Wildman–Crippen LogP) is 3.74. The molecule has 0 aromatic heterocycles. The molecule has 0 fully saturated rings. The van der Waals surface area contributed by atoms with E-state index in [2.05, 4.69) is 5.32 Å². The maximum Gasteiger partial charge on any atom is 0.260 e. The largest absolute Gasteiger partial charge is 0.497 e. The van der Waals surface area contributed by atoms with Crippen molar-refractivity contribution in [3.05, 3.63) is 60.2 Å². The Kier molecular flexibility index (Phi) is 8.10. The van der Waals surface area contributed by atoms with Crippen molar-refractivity contribution in [3.8, 4) is 16.9 Å². The summed E-state index contributed by atoms with van der Waals surface area (Å²) in [5.41, 5.74) is 4.43. The summed E-state index contributed by atoms with van der Waals surface area (Å²) in [4.78, 5) is 11.6. The molecule has 2 unspecified atom stereocenters. The van der Waals surface area contributed by atoms with Gasteiger partial charge in [0.15, 0.2) is 0 Å². The van der Waals surface area contributed by atoms with Crippen LogP contribution in [0.4, 0.5) is 8.78 Å². The highest BCUT2D eigenvalue weighted by Crippen LogP contribution is 2.24. The zero-order valence-electron chi connectivity index (χ0n) is 15.7. The maximum atomic E-state index is 12.8. The Labute approximate surface area is 163 Å². The molecule has 28 heavy (non-hydrogen) atoms. The SMILES string of the molecule is COc1cccc(-c2ccc(/C=C/CNC(C(=O)NO)C(C)C(F)F)cc2)c1. The monoisotopic (exact) mass is 390 g/mol. The van der Waals surface area contributed by atoms with E-state index in [1.807, 2.05) is 54.6 Å². The average Bonchev–Trinajstić information content (AvgIpc) is 2.73. The number of ether oxygens (including phenoxy) is 1. The van der Waals surface area contributed by atoms with Gasteiger partial charge < -0.3 is 10.1 Å². The Balaban J connectivity index is 1.97. The van der Waals surface area contributed by atoms with Crippen LogP contribution in [0.2, 0.25) is 0 Å². The second-order valence-electron chi connectivity index (χ2n) is 6.31. The first-order chi connectivity index (χ1) is 13.5. The highest BCUT2D eigenvalue weighted by Gasteiger charge is 2.30. The number of hydrogen-bond acceptors (Lipinski definition) is 4. The maximum absolute atomic E-state index is 12.8. The van der Waals surface area contributed by atoms with E-state index >= 15 is 0 Å². The molecule has 3 N–H and O–H groups in total. The Hall–Kier alpha value is -2.77. The fourth-order valence-electron chi connectivity index (χ4n) is 2.71. The van der Waals surface area contributed by atoms with Gasteiger partial charge >= 0.3 is 0 Å². The zero-order chi connectivity index (χ0) is 20.5. The Morgan fingerprint density at radius 3 is 2.50 bits per heavy atom. The predicted molar refractivity (Wildman–Crippen MR) is 104 cm³/mol. The highest BCUT2D eigenvalue weighted by molar-refractivity contribution is 5.81. The van der Waals surface area contributed by atoms with Crippen LogP contribution in [0.25, 0.3) is 17.2 Å². The van der Waals surface area contributed by atoms with Crippen LogP contribution in [0.3, 0.4) is 0 Å². The molecule has 0 heterocycles. The van der Waals surface area contributed by atoms with Crippen molar-refractivity contribution in [1.29, 1.82) is 0 Å². The quantitative estimate of drug-likeness (QED) is 0.451. The van der Waals surface area contributed by atoms with Gasteiger partial charge in [-0.2, -0.15) is 0 Å². The minimum absolute atomic E-state index is 0.201. The normalized spacial score (nSPS) is 13.5. The highest BCUT2D eigenvalue weighted by atomic mass is 19.3. The summed E-state index contributed by atoms with van der Waals surface area (Å²) in [5.74, 6) is -1.33. The van der Waals surface area contributed by atoms with Gasteiger partial charge in [0.1, 0.15) is 5.75 Å². The number of methoxy groups -OCH3 is 1. The molecule has 7 heteroatoms. The molecule has 1 amide bonds. The molecule has 0 aliphatic heterocycles. The fraction of sp³-hybridized carbons (Fsp3) is 0.286. The molecule has 0 saturated heterocycles. The van der Waals surface area contributed by atoms with Crippen LogP contribution in [0, 0.1) is 5.92 Å². The summed E-state index contributed by atoms with van der Waals surface area (Å²) in [5, 5.41) is 11.4. The molecule has 0 aliphatic rings. The number of hydrogen-bond donors (Lipinski definition) is 3. The summed E-state index contributed by atoms with van der Waals surface area (Å²) >= 11 is 0. The van der Waals surface area contributed by atoms with Crippen molar-refractivity contribution < 1.29 is 23.5 Å². The van der Waals surface area contributed by atoms with Gasteiger partial charge in [0.25, 0.3) is 5.91 Å². The van der Waals surface area contributed by atoms with E-state index in [0.29, 0.717) is 0 Å². The first-order valence-corrected chi connectivity index (χ1v) is 8.82. The fourth-order valence-corrected chi connectivity index (χ4v) is 2.71. The number of amides is 1. The van der Waals surface area contributed by atoms with Gasteiger partial charge in [-0.25, -0.2) is 14.3 Å². The van der Waals surface area contributed by atoms with Crippen molar-refractivity contribution in [1.82, 2.24) is 10.8 Å². The molecular formula is C21H24F2N2O3. The minimum Gasteiger partial charge on any atom is -0.497 e. The van der Waals surface area contributed by atoms with E-state index in [0.717, 1.165) is 22.4 Å². The van der Waals surface area contributed by atoms with Gasteiger partial charge in [-0.05, 0) is 28.8 Å². The molecule has 150 valence electrons. The summed E-state index contributed by atoms with van der Waals surface area (Å²) in [7, 11) is 1.62. The van der Waals surface area contributed by atoms with Gasteiger partial charge in [0, 0.05) is 12.5 Å². The van der Waals surface area contributed by atoms with Crippen LogP contribution in [-0.2, 0) is 4.79 Å². The summed E-state index contributed by atoms with van der Waals surface area (Å²) in [6, 6.07) is 14.4. The van der Waals surface area contributed by atoms with Crippen LogP contribution >= 0.6 is 0 Å². The third-order valence-corrected chi connectivity index (χ3v) is 4.40. The summed E-state index contributed by atoms with van der Waals surface area (Å²) in [6.45, 7) is 1.45. The van der Waals surface area contributed by atoms with Gasteiger partial charge in [-0.15, -0.1) is 0 Å². The van der Waals surface area contributed by atoms with Crippen molar-refractivity contribution in [2.24, 2.45) is 5.92 Å². The van der Waals surface area contributed by atoms with Crippen LogP contribution in [0.5, 0.6) is 5.75 Å². The number of nitrogens with one attached hydrogen (secondary N) is 2. The number of alkyl halides is 2. The van der Waals surface area contributed by atoms with E-state index in [9.17, 15) is 13.6 Å². The van der Waals surface area contributed by atoms with Gasteiger partial charge in [-0.1, -0.05) is 55.5 Å². The molecule has 0 bridgehead atoms. The van der Waals surface area contributed by atoms with Crippen LogP contribution in [-0.4, -0.2) is 37.2 Å². The lowest BCUT2D eigenvalue weighted by atomic mass is 10.0. The minimum atomic E-state index is -2.68. The molecule has 2 aromatic rings. The number of carbonyl (C=O) groups is 1. The number of benzene rings is 2. The zero-order valence-corrected chi connectivity index (χ0v) is 15.7. The topological polar surface area (TPSA) is 70.6 Å². The second-order valence-corrected chi connectivity index (χ2v) is 6.31. The van der Waals surface area contributed by atoms with Crippen LogP contribution in [0.1, 0.15) is 12.5 Å². The number of hydroxylamine groups is 1. The van der Waals surface area contributed by atoms with Crippen molar-refractivity contribution in [2.45, 2.75) is 19.4 Å². The van der Waals surface area contributed by atoms with E-state index in [4.69, 9.17) is 9.94 Å². The first-order valence-electron chi connectivity index (χ1n) is 8.82. The third kappa shape index (κ3) is 5.87. The Morgan fingerprint density at radius 1 is 1.18 bits per heavy atom. The molecule has 0 aliphatic carbocycles. The molecular weight excluding hydrogens is 366 g/mol. The molecule has 0 spiro atoms. The third-order valence-electron chi connectivity index (χ3n) is 4.40. The van der Waals surface area contributed by atoms with Crippen LogP contribution < -0.4 is 15.5 Å². The van der Waals surface area contributed by atoms with E-state index in [-0.39, 0.29) is 6.54 Å². The Morgan fingerprint density at radius 2 is 1.89 bits per heavy atom. The molecule has 0 saturated carbocycles. The summed E-state index contributed by atoms with van der Waals surface area (Å²) in [6.07, 6.45) is 0.877. The van der Waals surface area contributed by atoms with Gasteiger partial charge in [0.05, 0.1) is 13.2 Å². The van der Waals surface area contributed by atoms with Gasteiger partial charge in [0.2, 0.25) is 6.43 Å². The van der Waals surface area contributed by atoms with E-state index < -0.39 is 24.3 Å². The molecule has 2 aromatic carbocycles. The van der Waals surface area contributed by atoms with E-state index in [1.54, 1.807) is 13.2 Å². The van der Waals surface area contributed by atoms with E-state index in [1.165, 1.54) is 12.4 Å². The molecule has 0 radical (unpaired) electrons.